The molecule has 2 aromatic rings. The molecule has 35 heavy (non-hydrogen) atoms. The van der Waals surface area contributed by atoms with Crippen molar-refractivity contribution in [3.63, 3.8) is 0 Å². The van der Waals surface area contributed by atoms with Crippen molar-refractivity contribution in [3.05, 3.63) is 42.8 Å². The van der Waals surface area contributed by atoms with E-state index in [0.29, 0.717) is 9.75 Å². The molecule has 4 aliphatic rings. The minimum absolute atomic E-state index is 0.00136. The summed E-state index contributed by atoms with van der Waals surface area (Å²) in [7, 11) is -4.52. The molecule has 0 saturated heterocycles. The van der Waals surface area contributed by atoms with Gasteiger partial charge >= 0.3 is 17.8 Å². The quantitative estimate of drug-likeness (QED) is 0.375. The van der Waals surface area contributed by atoms with Gasteiger partial charge in [0.1, 0.15) is 10.5 Å². The Kier molecular flexibility index (Phi) is 4.17. The molecular weight excluding hydrogens is 534 g/mol. The van der Waals surface area contributed by atoms with Gasteiger partial charge in [-0.25, -0.2) is 8.42 Å². The average molecular weight is 553 g/mol. The number of thiophene rings is 2. The van der Waals surface area contributed by atoms with E-state index in [1.165, 1.54) is 26.0 Å². The molecule has 2 aliphatic carbocycles. The van der Waals surface area contributed by atoms with Crippen molar-refractivity contribution in [2.75, 3.05) is 0 Å². The number of aryl methyl sites for hydroxylation is 2. The molecule has 6 rings (SSSR count). The van der Waals surface area contributed by atoms with Crippen LogP contribution >= 0.6 is 22.7 Å². The number of allylic oxidation sites excluding steroid dienone is 2. The zero-order valence-electron chi connectivity index (χ0n) is 18.8. The van der Waals surface area contributed by atoms with Crippen LogP contribution in [0.1, 0.15) is 46.2 Å². The predicted molar refractivity (Wildman–Crippen MR) is 121 cm³/mol. The van der Waals surface area contributed by atoms with Crippen LogP contribution in [0.15, 0.2) is 28.2 Å². The number of hydrogen-bond donors (Lipinski definition) is 0. The Bertz CT molecular complexity index is 1530. The van der Waals surface area contributed by atoms with Crippen LogP contribution in [0.4, 0.5) is 26.3 Å². The topological polar surface area (TPSA) is 43.4 Å². The third-order valence-electron chi connectivity index (χ3n) is 7.75. The molecule has 2 unspecified atom stereocenters. The highest BCUT2D eigenvalue weighted by molar-refractivity contribution is 7.94. The fourth-order valence-electron chi connectivity index (χ4n) is 6.44. The van der Waals surface area contributed by atoms with Gasteiger partial charge < -0.3 is 4.74 Å². The average Bonchev–Trinajstić information content (AvgIpc) is 3.46. The molecule has 0 N–H and O–H groups in total. The second-order valence-electron chi connectivity index (χ2n) is 9.29. The first kappa shape index (κ1) is 23.6. The van der Waals surface area contributed by atoms with Crippen molar-refractivity contribution < 1.29 is 39.5 Å². The van der Waals surface area contributed by atoms with Crippen LogP contribution in [-0.4, -0.2) is 36.5 Å². The summed E-state index contributed by atoms with van der Waals surface area (Å²) in [6.45, 7) is 6.11. The van der Waals surface area contributed by atoms with Gasteiger partial charge in [0.2, 0.25) is 0 Å². The van der Waals surface area contributed by atoms with Crippen LogP contribution in [0.2, 0.25) is 0 Å². The monoisotopic (exact) mass is 552 g/mol. The van der Waals surface area contributed by atoms with Crippen molar-refractivity contribution in [3.8, 4) is 5.75 Å². The molecule has 1 saturated carbocycles. The lowest BCUT2D eigenvalue weighted by molar-refractivity contribution is -0.257. The summed E-state index contributed by atoms with van der Waals surface area (Å²) >= 11 is 1.76. The number of halogens is 6. The Labute approximate surface area is 205 Å². The van der Waals surface area contributed by atoms with Gasteiger partial charge in [-0.1, -0.05) is 13.8 Å². The number of alkyl halides is 6. The SMILES string of the molecule is CCC12Oc3cc(C)sc3C1=C1C(=C3c4sc(C)cc4S(=O)(=O)C32CC)C(F)(F)C(F)(F)C1(F)F. The van der Waals surface area contributed by atoms with Crippen LogP contribution in [0.3, 0.4) is 0 Å². The lowest BCUT2D eigenvalue weighted by Gasteiger charge is -2.49. The maximum atomic E-state index is 15.6. The van der Waals surface area contributed by atoms with E-state index in [0.717, 1.165) is 22.7 Å². The molecule has 188 valence electrons. The van der Waals surface area contributed by atoms with Crippen molar-refractivity contribution in [2.24, 2.45) is 0 Å². The fourth-order valence-corrected chi connectivity index (χ4v) is 11.8. The number of fused-ring (bicyclic) bond motifs is 8. The Morgan fingerprint density at radius 3 is 1.91 bits per heavy atom. The van der Waals surface area contributed by atoms with Gasteiger partial charge in [0.05, 0.1) is 14.6 Å². The lowest BCUT2D eigenvalue weighted by atomic mass is 9.65. The van der Waals surface area contributed by atoms with Crippen LogP contribution in [0.5, 0.6) is 5.75 Å². The van der Waals surface area contributed by atoms with E-state index in [4.69, 9.17) is 4.74 Å². The summed E-state index contributed by atoms with van der Waals surface area (Å²) in [5.41, 5.74) is -6.35. The fraction of sp³-hybridized carbons (Fsp3) is 0.478. The molecule has 0 aromatic carbocycles. The molecule has 0 spiro atoms. The molecular formula is C23H18F6O3S3. The number of hydrogen-bond acceptors (Lipinski definition) is 5. The first-order valence-corrected chi connectivity index (χ1v) is 14.0. The van der Waals surface area contributed by atoms with Gasteiger partial charge in [-0.05, 0) is 38.8 Å². The summed E-state index contributed by atoms with van der Waals surface area (Å²) in [4.78, 5) is 0.520. The molecule has 2 aromatic heterocycles. The molecule has 0 radical (unpaired) electrons. The molecule has 2 atom stereocenters. The predicted octanol–water partition coefficient (Wildman–Crippen LogP) is 7.04. The third-order valence-corrected chi connectivity index (χ3v) is 12.6. The van der Waals surface area contributed by atoms with Crippen LogP contribution in [0, 0.1) is 13.8 Å². The van der Waals surface area contributed by atoms with E-state index in [-0.39, 0.29) is 33.2 Å². The molecule has 12 heteroatoms. The highest BCUT2D eigenvalue weighted by Crippen LogP contribution is 2.76. The molecule has 0 amide bonds. The normalized spacial score (nSPS) is 32.2. The summed E-state index contributed by atoms with van der Waals surface area (Å²) < 4.78 is 125. The van der Waals surface area contributed by atoms with Gasteiger partial charge in [0, 0.05) is 32.0 Å². The summed E-state index contributed by atoms with van der Waals surface area (Å²) in [5, 5.41) is 0. The van der Waals surface area contributed by atoms with Crippen molar-refractivity contribution >= 4 is 43.7 Å². The van der Waals surface area contributed by atoms with Gasteiger partial charge in [-0.3, -0.25) is 0 Å². The summed E-state index contributed by atoms with van der Waals surface area (Å²) in [5.74, 6) is -16.3. The van der Waals surface area contributed by atoms with Crippen molar-refractivity contribution in [2.45, 2.75) is 73.5 Å². The minimum Gasteiger partial charge on any atom is -0.479 e. The molecule has 2 aliphatic heterocycles. The summed E-state index contributed by atoms with van der Waals surface area (Å²) in [6, 6.07) is 2.79. The van der Waals surface area contributed by atoms with Crippen LogP contribution < -0.4 is 4.74 Å². The number of sulfone groups is 1. The van der Waals surface area contributed by atoms with Crippen molar-refractivity contribution in [1.82, 2.24) is 0 Å². The van der Waals surface area contributed by atoms with E-state index >= 15 is 17.6 Å². The van der Waals surface area contributed by atoms with E-state index < -0.39 is 60.2 Å². The van der Waals surface area contributed by atoms with E-state index in [2.05, 4.69) is 0 Å². The Morgan fingerprint density at radius 1 is 0.800 bits per heavy atom. The maximum absolute atomic E-state index is 15.6. The van der Waals surface area contributed by atoms with Gasteiger partial charge in [0.15, 0.2) is 15.4 Å². The smallest absolute Gasteiger partial charge is 0.380 e. The van der Waals surface area contributed by atoms with Crippen LogP contribution in [-0.2, 0) is 9.84 Å². The first-order valence-electron chi connectivity index (χ1n) is 10.9. The molecule has 3 nitrogen and oxygen atoms in total. The highest BCUT2D eigenvalue weighted by atomic mass is 32.2. The minimum atomic E-state index is -5.76. The molecule has 1 fully saturated rings. The molecule has 0 bridgehead atoms. The van der Waals surface area contributed by atoms with E-state index in [1.807, 2.05) is 0 Å². The van der Waals surface area contributed by atoms with Crippen molar-refractivity contribution in [1.29, 1.82) is 0 Å². The van der Waals surface area contributed by atoms with Gasteiger partial charge in [-0.15, -0.1) is 22.7 Å². The summed E-state index contributed by atoms with van der Waals surface area (Å²) in [6.07, 6.45) is -0.544. The Hall–Kier alpha value is -1.79. The standard InChI is InChI=1S/C23H18F6O3S3/c1-5-19-15(17-11(32-19)7-9(3)33-17)13-14(22(26,27)23(28,29)21(13,24)25)16-18-12(8-10(4)34-18)35(30,31)20(16,19)6-2/h7-8H,5-6H2,1-4H3. The number of ether oxygens (including phenoxy) is 1. The second kappa shape index (κ2) is 6.19. The van der Waals surface area contributed by atoms with Crippen LogP contribution in [0.25, 0.3) is 11.1 Å². The highest BCUT2D eigenvalue weighted by Gasteiger charge is 2.87. The Morgan fingerprint density at radius 2 is 1.34 bits per heavy atom. The zero-order chi connectivity index (χ0) is 25.7. The largest absolute Gasteiger partial charge is 0.479 e. The first-order chi connectivity index (χ1) is 16.1. The lowest BCUT2D eigenvalue weighted by Crippen LogP contribution is -2.61. The van der Waals surface area contributed by atoms with E-state index in [1.54, 1.807) is 13.8 Å². The van der Waals surface area contributed by atoms with E-state index in [9.17, 15) is 17.2 Å². The molecule has 4 heterocycles. The third kappa shape index (κ3) is 2.07. The second-order valence-corrected chi connectivity index (χ2v) is 13.9. The Balaban J connectivity index is 1.94. The van der Waals surface area contributed by atoms with Gasteiger partial charge in [0.25, 0.3) is 0 Å². The van der Waals surface area contributed by atoms with Gasteiger partial charge in [-0.2, -0.15) is 26.3 Å². The maximum Gasteiger partial charge on any atom is 0.380 e. The number of rotatable bonds is 2. The zero-order valence-corrected chi connectivity index (χ0v) is 21.2.